The fourth-order valence-electron chi connectivity index (χ4n) is 1.16. The number of hydrogen-bond donors (Lipinski definition) is 3. The third-order valence-corrected chi connectivity index (χ3v) is 2.18. The summed E-state index contributed by atoms with van der Waals surface area (Å²) < 4.78 is 0. The van der Waals surface area contributed by atoms with Gasteiger partial charge >= 0.3 is 6.03 Å². The first kappa shape index (κ1) is 11.3. The van der Waals surface area contributed by atoms with Gasteiger partial charge in [-0.15, -0.1) is 5.10 Å². The number of anilines is 2. The molecule has 0 radical (unpaired) electrons. The minimum atomic E-state index is -0.427. The Bertz CT molecular complexity index is 526. The Labute approximate surface area is 102 Å². The summed E-state index contributed by atoms with van der Waals surface area (Å²) in [5, 5.41) is 15.1. The molecule has 2 aromatic rings. The predicted octanol–water partition coefficient (Wildman–Crippen LogP) is 1.81. The number of aryl methyl sites for hydroxylation is 1. The first-order valence-electron chi connectivity index (χ1n) is 4.71. The second kappa shape index (κ2) is 4.79. The number of halogens is 1. The molecule has 88 valence electrons. The molecule has 2 heterocycles. The molecule has 0 spiro atoms. The minimum absolute atomic E-state index is 0.312. The summed E-state index contributed by atoms with van der Waals surface area (Å²) in [4.78, 5) is 15.5. The fourth-order valence-corrected chi connectivity index (χ4v) is 1.32. The van der Waals surface area contributed by atoms with Gasteiger partial charge in [0.2, 0.25) is 0 Å². The summed E-state index contributed by atoms with van der Waals surface area (Å²) in [6.07, 6.45) is 2.97. The van der Waals surface area contributed by atoms with Gasteiger partial charge in [0.15, 0.2) is 5.82 Å². The standard InChI is InChI=1S/C9H9ClN6O/c1-5-3-11-7(10)2-6(5)13-9(17)14-8-4-12-16-15-8/h2-4H,1H3,(H3,11,12,13,14,15,16,17). The zero-order valence-electron chi connectivity index (χ0n) is 8.86. The van der Waals surface area contributed by atoms with Gasteiger partial charge in [0, 0.05) is 11.9 Å². The number of nitrogens with zero attached hydrogens (tertiary/aromatic N) is 3. The molecule has 0 aromatic carbocycles. The van der Waals surface area contributed by atoms with Gasteiger partial charge in [-0.3, -0.25) is 5.32 Å². The number of H-pyrrole nitrogens is 1. The van der Waals surface area contributed by atoms with E-state index in [4.69, 9.17) is 11.6 Å². The van der Waals surface area contributed by atoms with Gasteiger partial charge in [-0.05, 0) is 18.6 Å². The van der Waals surface area contributed by atoms with E-state index in [1.54, 1.807) is 12.3 Å². The second-order valence-electron chi connectivity index (χ2n) is 3.26. The lowest BCUT2D eigenvalue weighted by Gasteiger charge is -2.07. The van der Waals surface area contributed by atoms with E-state index in [-0.39, 0.29) is 0 Å². The Morgan fingerprint density at radius 1 is 1.41 bits per heavy atom. The van der Waals surface area contributed by atoms with Crippen LogP contribution in [0.15, 0.2) is 18.5 Å². The third-order valence-electron chi connectivity index (χ3n) is 1.97. The maximum absolute atomic E-state index is 11.6. The molecule has 17 heavy (non-hydrogen) atoms. The normalized spacial score (nSPS) is 10.0. The monoisotopic (exact) mass is 252 g/mol. The van der Waals surface area contributed by atoms with Crippen LogP contribution in [0.2, 0.25) is 5.15 Å². The summed E-state index contributed by atoms with van der Waals surface area (Å²) in [7, 11) is 0. The van der Waals surface area contributed by atoms with Crippen LogP contribution in [0.5, 0.6) is 0 Å². The first-order valence-corrected chi connectivity index (χ1v) is 5.09. The zero-order chi connectivity index (χ0) is 12.3. The largest absolute Gasteiger partial charge is 0.324 e. The Morgan fingerprint density at radius 2 is 2.24 bits per heavy atom. The fraction of sp³-hybridized carbons (Fsp3) is 0.111. The van der Waals surface area contributed by atoms with Gasteiger partial charge in [-0.25, -0.2) is 9.78 Å². The minimum Gasteiger partial charge on any atom is -0.307 e. The smallest absolute Gasteiger partial charge is 0.307 e. The molecule has 7 nitrogen and oxygen atoms in total. The summed E-state index contributed by atoms with van der Waals surface area (Å²) in [5.74, 6) is 0.334. The summed E-state index contributed by atoms with van der Waals surface area (Å²) in [6.45, 7) is 1.81. The van der Waals surface area contributed by atoms with E-state index < -0.39 is 6.03 Å². The van der Waals surface area contributed by atoms with Crippen LogP contribution in [0, 0.1) is 6.92 Å². The molecule has 0 saturated heterocycles. The maximum Gasteiger partial charge on any atom is 0.324 e. The van der Waals surface area contributed by atoms with E-state index >= 15 is 0 Å². The van der Waals surface area contributed by atoms with Crippen molar-refractivity contribution >= 4 is 29.1 Å². The van der Waals surface area contributed by atoms with E-state index in [0.717, 1.165) is 5.56 Å². The van der Waals surface area contributed by atoms with Crippen LogP contribution in [0.25, 0.3) is 0 Å². The Balaban J connectivity index is 2.05. The van der Waals surface area contributed by atoms with Gasteiger partial charge in [0.05, 0.1) is 6.20 Å². The molecule has 2 aromatic heterocycles. The van der Waals surface area contributed by atoms with Gasteiger partial charge < -0.3 is 5.32 Å². The average molecular weight is 253 g/mol. The summed E-state index contributed by atoms with van der Waals surface area (Å²) in [5.41, 5.74) is 1.40. The molecule has 0 aliphatic carbocycles. The molecule has 0 unspecified atom stereocenters. The number of amides is 2. The number of carbonyl (C=O) groups excluding carboxylic acids is 1. The number of urea groups is 1. The average Bonchev–Trinajstić information content (AvgIpc) is 2.76. The molecular weight excluding hydrogens is 244 g/mol. The highest BCUT2D eigenvalue weighted by Crippen LogP contribution is 2.17. The molecule has 0 atom stereocenters. The Kier molecular flexibility index (Phi) is 3.20. The predicted molar refractivity (Wildman–Crippen MR) is 63.0 cm³/mol. The summed E-state index contributed by atoms with van der Waals surface area (Å²) in [6, 6.07) is 1.14. The van der Waals surface area contributed by atoms with Crippen molar-refractivity contribution in [1.29, 1.82) is 0 Å². The van der Waals surface area contributed by atoms with Gasteiger partial charge in [0.25, 0.3) is 0 Å². The van der Waals surface area contributed by atoms with Crippen molar-refractivity contribution in [3.8, 4) is 0 Å². The molecule has 0 aliphatic rings. The van der Waals surface area contributed by atoms with E-state index in [1.165, 1.54) is 6.20 Å². The lowest BCUT2D eigenvalue weighted by atomic mass is 10.2. The number of carbonyl (C=O) groups is 1. The SMILES string of the molecule is Cc1cnc(Cl)cc1NC(=O)Nc1cn[nH]n1. The Hall–Kier alpha value is -2.15. The molecule has 2 amide bonds. The van der Waals surface area contributed by atoms with Crippen LogP contribution >= 0.6 is 11.6 Å². The molecule has 2 rings (SSSR count). The highest BCUT2D eigenvalue weighted by molar-refractivity contribution is 6.29. The number of aromatic nitrogens is 4. The van der Waals surface area contributed by atoms with Gasteiger partial charge in [-0.2, -0.15) is 10.3 Å². The topological polar surface area (TPSA) is 95.6 Å². The number of hydrogen-bond acceptors (Lipinski definition) is 4. The number of pyridine rings is 1. The van der Waals surface area contributed by atoms with Crippen molar-refractivity contribution in [1.82, 2.24) is 20.4 Å². The molecule has 0 saturated carbocycles. The van der Waals surface area contributed by atoms with Crippen LogP contribution in [0.4, 0.5) is 16.3 Å². The summed E-state index contributed by atoms with van der Waals surface area (Å²) >= 11 is 5.73. The molecular formula is C9H9ClN6O. The highest BCUT2D eigenvalue weighted by atomic mass is 35.5. The van der Waals surface area contributed by atoms with Crippen molar-refractivity contribution in [3.63, 3.8) is 0 Å². The van der Waals surface area contributed by atoms with Crippen LogP contribution < -0.4 is 10.6 Å². The van der Waals surface area contributed by atoms with Crippen molar-refractivity contribution < 1.29 is 4.79 Å². The maximum atomic E-state index is 11.6. The van der Waals surface area contributed by atoms with E-state index in [9.17, 15) is 4.79 Å². The lowest BCUT2D eigenvalue weighted by Crippen LogP contribution is -2.20. The van der Waals surface area contributed by atoms with E-state index in [0.29, 0.717) is 16.7 Å². The lowest BCUT2D eigenvalue weighted by molar-refractivity contribution is 0.262. The van der Waals surface area contributed by atoms with Gasteiger partial charge in [0.1, 0.15) is 5.15 Å². The molecule has 0 bridgehead atoms. The highest BCUT2D eigenvalue weighted by Gasteiger charge is 2.07. The van der Waals surface area contributed by atoms with Crippen molar-refractivity contribution in [2.24, 2.45) is 0 Å². The van der Waals surface area contributed by atoms with Crippen molar-refractivity contribution in [2.75, 3.05) is 10.6 Å². The molecule has 8 heteroatoms. The first-order chi connectivity index (χ1) is 8.15. The number of rotatable bonds is 2. The number of aromatic amines is 1. The molecule has 3 N–H and O–H groups in total. The molecule has 0 fully saturated rings. The number of nitrogens with one attached hydrogen (secondary N) is 3. The Morgan fingerprint density at radius 3 is 2.94 bits per heavy atom. The van der Waals surface area contributed by atoms with Crippen LogP contribution in [-0.2, 0) is 0 Å². The van der Waals surface area contributed by atoms with Crippen LogP contribution in [0.3, 0.4) is 0 Å². The van der Waals surface area contributed by atoms with Crippen molar-refractivity contribution in [3.05, 3.63) is 29.2 Å². The van der Waals surface area contributed by atoms with E-state index in [2.05, 4.69) is 31.0 Å². The molecule has 0 aliphatic heterocycles. The van der Waals surface area contributed by atoms with Crippen LogP contribution in [-0.4, -0.2) is 26.4 Å². The van der Waals surface area contributed by atoms with Gasteiger partial charge in [-0.1, -0.05) is 11.6 Å². The van der Waals surface area contributed by atoms with Crippen molar-refractivity contribution in [2.45, 2.75) is 6.92 Å². The third kappa shape index (κ3) is 2.91. The second-order valence-corrected chi connectivity index (χ2v) is 3.64. The zero-order valence-corrected chi connectivity index (χ0v) is 9.62. The quantitative estimate of drug-likeness (QED) is 0.710. The van der Waals surface area contributed by atoms with Crippen LogP contribution in [0.1, 0.15) is 5.56 Å². The van der Waals surface area contributed by atoms with E-state index in [1.807, 2.05) is 6.92 Å².